The molecule has 0 amide bonds. The Balaban J connectivity index is 1.55. The molecule has 1 fully saturated rings. The highest BCUT2D eigenvalue weighted by Crippen LogP contribution is 2.53. The molecule has 2 heteroatoms. The quantitative estimate of drug-likeness (QED) is 0.872. The van der Waals surface area contributed by atoms with E-state index in [0.717, 1.165) is 13.0 Å². The average Bonchev–Trinajstić information content (AvgIpc) is 3.24. The van der Waals surface area contributed by atoms with Crippen molar-refractivity contribution in [3.05, 3.63) is 71.8 Å². The number of nitrogens with two attached hydrogens (primary N) is 1. The van der Waals surface area contributed by atoms with E-state index in [1.807, 2.05) is 18.2 Å². The van der Waals surface area contributed by atoms with Crippen LogP contribution < -0.4 is 5.73 Å². The molecule has 2 aromatic carbocycles. The molecule has 0 aromatic heterocycles. The Morgan fingerprint density at radius 2 is 1.65 bits per heavy atom. The summed E-state index contributed by atoms with van der Waals surface area (Å²) in [4.78, 5) is 0. The molecule has 0 radical (unpaired) electrons. The molecule has 2 aromatic rings. The van der Waals surface area contributed by atoms with E-state index >= 15 is 0 Å². The van der Waals surface area contributed by atoms with Crippen molar-refractivity contribution >= 4 is 0 Å². The van der Waals surface area contributed by atoms with Gasteiger partial charge in [-0.15, -0.1) is 0 Å². The van der Waals surface area contributed by atoms with Gasteiger partial charge in [0.15, 0.2) is 0 Å². The van der Waals surface area contributed by atoms with Crippen LogP contribution in [-0.4, -0.2) is 13.2 Å². The zero-order chi connectivity index (χ0) is 13.8. The predicted octanol–water partition coefficient (Wildman–Crippen LogP) is 3.12. The minimum atomic E-state index is 0.151. The Bertz CT molecular complexity index is 540. The van der Waals surface area contributed by atoms with Crippen LogP contribution in [0, 0.1) is 5.92 Å². The van der Waals surface area contributed by atoms with Crippen LogP contribution in [0.4, 0.5) is 0 Å². The zero-order valence-corrected chi connectivity index (χ0v) is 11.7. The zero-order valence-electron chi connectivity index (χ0n) is 11.7. The van der Waals surface area contributed by atoms with Crippen LogP contribution in [-0.2, 0) is 16.8 Å². The number of benzene rings is 2. The summed E-state index contributed by atoms with van der Waals surface area (Å²) in [5.74, 6) is 0.554. The van der Waals surface area contributed by atoms with Crippen molar-refractivity contribution in [2.45, 2.75) is 18.4 Å². The van der Waals surface area contributed by atoms with Gasteiger partial charge in [0, 0.05) is 12.0 Å². The first-order valence-electron chi connectivity index (χ1n) is 7.22. The number of ether oxygens (including phenoxy) is 1. The molecule has 1 saturated carbocycles. The summed E-state index contributed by atoms with van der Waals surface area (Å²) in [6, 6.07) is 20.9. The molecular formula is C18H21NO. The molecule has 2 N–H and O–H groups in total. The molecule has 0 aliphatic heterocycles. The fourth-order valence-electron chi connectivity index (χ4n) is 2.98. The fraction of sp³-hybridized carbons (Fsp3) is 0.333. The Morgan fingerprint density at radius 3 is 2.30 bits per heavy atom. The number of rotatable bonds is 6. The van der Waals surface area contributed by atoms with Gasteiger partial charge in [-0.2, -0.15) is 0 Å². The third-order valence-corrected chi connectivity index (χ3v) is 4.38. The summed E-state index contributed by atoms with van der Waals surface area (Å²) in [7, 11) is 0. The third kappa shape index (κ3) is 2.62. The topological polar surface area (TPSA) is 35.2 Å². The molecule has 1 aliphatic rings. The standard InChI is InChI=1S/C18H21NO/c19-14-18(16-9-5-2-6-10-16)11-17(18)13-20-12-15-7-3-1-4-8-15/h1-10,17H,11-14,19H2/t17-,18-/m0/s1. The van der Waals surface area contributed by atoms with Gasteiger partial charge in [0.2, 0.25) is 0 Å². The van der Waals surface area contributed by atoms with Gasteiger partial charge in [0.25, 0.3) is 0 Å². The Morgan fingerprint density at radius 1 is 1.00 bits per heavy atom. The molecule has 0 saturated heterocycles. The van der Waals surface area contributed by atoms with E-state index in [4.69, 9.17) is 10.5 Å². The van der Waals surface area contributed by atoms with Gasteiger partial charge in [-0.05, 0) is 23.5 Å². The van der Waals surface area contributed by atoms with Gasteiger partial charge in [-0.25, -0.2) is 0 Å². The maximum atomic E-state index is 6.02. The Hall–Kier alpha value is -1.64. The summed E-state index contributed by atoms with van der Waals surface area (Å²) in [5, 5.41) is 0. The first-order valence-corrected chi connectivity index (χ1v) is 7.22. The lowest BCUT2D eigenvalue weighted by molar-refractivity contribution is 0.106. The highest BCUT2D eigenvalue weighted by atomic mass is 16.5. The first-order chi connectivity index (χ1) is 9.85. The Kier molecular flexibility index (Phi) is 3.86. The van der Waals surface area contributed by atoms with Crippen molar-refractivity contribution in [2.75, 3.05) is 13.2 Å². The molecule has 0 unspecified atom stereocenters. The van der Waals surface area contributed by atoms with Crippen LogP contribution in [0.15, 0.2) is 60.7 Å². The maximum Gasteiger partial charge on any atom is 0.0717 e. The molecule has 3 rings (SSSR count). The van der Waals surface area contributed by atoms with E-state index in [0.29, 0.717) is 19.1 Å². The summed E-state index contributed by atoms with van der Waals surface area (Å²) in [5.41, 5.74) is 8.75. The smallest absolute Gasteiger partial charge is 0.0717 e. The fourth-order valence-corrected chi connectivity index (χ4v) is 2.98. The second-order valence-corrected chi connectivity index (χ2v) is 5.63. The van der Waals surface area contributed by atoms with Crippen molar-refractivity contribution in [3.8, 4) is 0 Å². The largest absolute Gasteiger partial charge is 0.376 e. The maximum absolute atomic E-state index is 6.02. The monoisotopic (exact) mass is 267 g/mol. The van der Waals surface area contributed by atoms with Crippen LogP contribution in [0.3, 0.4) is 0 Å². The number of hydrogen-bond acceptors (Lipinski definition) is 2. The third-order valence-electron chi connectivity index (χ3n) is 4.38. The van der Waals surface area contributed by atoms with Crippen molar-refractivity contribution in [1.82, 2.24) is 0 Å². The second kappa shape index (κ2) is 5.78. The Labute approximate surface area is 120 Å². The van der Waals surface area contributed by atoms with E-state index in [1.165, 1.54) is 11.1 Å². The minimum Gasteiger partial charge on any atom is -0.376 e. The SMILES string of the molecule is NC[C@]1(c2ccccc2)C[C@H]1COCc1ccccc1. The van der Waals surface area contributed by atoms with Crippen molar-refractivity contribution in [2.24, 2.45) is 11.7 Å². The lowest BCUT2D eigenvalue weighted by Crippen LogP contribution is -2.23. The normalized spacial score (nSPS) is 24.6. The lowest BCUT2D eigenvalue weighted by atomic mass is 9.93. The molecular weight excluding hydrogens is 246 g/mol. The molecule has 2 atom stereocenters. The molecule has 20 heavy (non-hydrogen) atoms. The van der Waals surface area contributed by atoms with Gasteiger partial charge in [-0.1, -0.05) is 60.7 Å². The summed E-state index contributed by atoms with van der Waals surface area (Å²) < 4.78 is 5.87. The van der Waals surface area contributed by atoms with E-state index < -0.39 is 0 Å². The van der Waals surface area contributed by atoms with Crippen molar-refractivity contribution < 1.29 is 4.74 Å². The van der Waals surface area contributed by atoms with Gasteiger partial charge in [0.1, 0.15) is 0 Å². The molecule has 1 aliphatic carbocycles. The van der Waals surface area contributed by atoms with Crippen LogP contribution in [0.1, 0.15) is 17.5 Å². The summed E-state index contributed by atoms with van der Waals surface area (Å²) in [6.07, 6.45) is 1.14. The van der Waals surface area contributed by atoms with Crippen molar-refractivity contribution in [1.29, 1.82) is 0 Å². The highest BCUT2D eigenvalue weighted by molar-refractivity contribution is 5.34. The number of hydrogen-bond donors (Lipinski definition) is 1. The van der Waals surface area contributed by atoms with Gasteiger partial charge in [0.05, 0.1) is 13.2 Å². The molecule has 2 nitrogen and oxygen atoms in total. The average molecular weight is 267 g/mol. The van der Waals surface area contributed by atoms with E-state index in [-0.39, 0.29) is 5.41 Å². The van der Waals surface area contributed by atoms with E-state index in [2.05, 4.69) is 42.5 Å². The molecule has 0 bridgehead atoms. The highest BCUT2D eigenvalue weighted by Gasteiger charge is 2.53. The van der Waals surface area contributed by atoms with Crippen LogP contribution >= 0.6 is 0 Å². The van der Waals surface area contributed by atoms with E-state index in [9.17, 15) is 0 Å². The van der Waals surface area contributed by atoms with Crippen LogP contribution in [0.5, 0.6) is 0 Å². The van der Waals surface area contributed by atoms with Gasteiger partial charge in [-0.3, -0.25) is 0 Å². The predicted molar refractivity (Wildman–Crippen MR) is 81.4 cm³/mol. The first kappa shape index (κ1) is 13.3. The summed E-state index contributed by atoms with van der Waals surface area (Å²) in [6.45, 7) is 2.18. The van der Waals surface area contributed by atoms with Crippen LogP contribution in [0.2, 0.25) is 0 Å². The molecule has 0 heterocycles. The lowest BCUT2D eigenvalue weighted by Gasteiger charge is -2.15. The van der Waals surface area contributed by atoms with Gasteiger partial charge < -0.3 is 10.5 Å². The molecule has 0 spiro atoms. The molecule has 104 valence electrons. The minimum absolute atomic E-state index is 0.151. The summed E-state index contributed by atoms with van der Waals surface area (Å²) >= 11 is 0. The van der Waals surface area contributed by atoms with Crippen LogP contribution in [0.25, 0.3) is 0 Å². The van der Waals surface area contributed by atoms with Crippen molar-refractivity contribution in [3.63, 3.8) is 0 Å². The second-order valence-electron chi connectivity index (χ2n) is 5.63. The van der Waals surface area contributed by atoms with E-state index in [1.54, 1.807) is 0 Å². The van der Waals surface area contributed by atoms with Gasteiger partial charge >= 0.3 is 0 Å².